The molecule has 2 rings (SSSR count). The third-order valence-electron chi connectivity index (χ3n) is 1.86. The summed E-state index contributed by atoms with van der Waals surface area (Å²) in [6.07, 6.45) is 3.84. The molecule has 8 heteroatoms. The molecular formula is C8H7N5O3. The van der Waals surface area contributed by atoms with E-state index in [1.807, 2.05) is 0 Å². The van der Waals surface area contributed by atoms with Gasteiger partial charge in [0.25, 0.3) is 5.56 Å². The molecule has 2 heterocycles. The first kappa shape index (κ1) is 10.0. The summed E-state index contributed by atoms with van der Waals surface area (Å²) >= 11 is 0. The maximum atomic E-state index is 11.3. The largest absolute Gasteiger partial charge is 0.477 e. The lowest BCUT2D eigenvalue weighted by Gasteiger charge is -2.00. The third kappa shape index (κ3) is 1.95. The van der Waals surface area contributed by atoms with Crippen molar-refractivity contribution in [2.45, 2.75) is 6.54 Å². The van der Waals surface area contributed by atoms with Crippen molar-refractivity contribution in [3.05, 3.63) is 40.6 Å². The first-order valence-corrected chi connectivity index (χ1v) is 4.30. The summed E-state index contributed by atoms with van der Waals surface area (Å²) in [7, 11) is 0. The topological polar surface area (TPSA) is 114 Å². The van der Waals surface area contributed by atoms with Gasteiger partial charge in [-0.05, 0) is 0 Å². The number of H-pyrrole nitrogens is 1. The summed E-state index contributed by atoms with van der Waals surface area (Å²) in [6.45, 7) is 0.231. The number of nitrogens with zero attached hydrogens (tertiary/aromatic N) is 4. The highest BCUT2D eigenvalue weighted by molar-refractivity contribution is 5.86. The molecule has 82 valence electrons. The fraction of sp³-hybridized carbons (Fsp3) is 0.125. The van der Waals surface area contributed by atoms with Gasteiger partial charge in [-0.2, -0.15) is 5.10 Å². The number of hydrogen-bond acceptors (Lipinski definition) is 5. The number of carboxylic acids is 1. The minimum Gasteiger partial charge on any atom is -0.477 e. The maximum Gasteiger partial charge on any atom is 0.342 e. The number of aromatic nitrogens is 5. The quantitative estimate of drug-likeness (QED) is 0.694. The SMILES string of the molecule is O=C(O)c1cnc(Cn2cncn2)[nH]c1=O. The second kappa shape index (κ2) is 3.93. The number of rotatable bonds is 3. The summed E-state index contributed by atoms with van der Waals surface area (Å²) in [6, 6.07) is 0. The Hall–Kier alpha value is -2.51. The van der Waals surface area contributed by atoms with Gasteiger partial charge in [-0.15, -0.1) is 0 Å². The summed E-state index contributed by atoms with van der Waals surface area (Å²) in [5.74, 6) is -0.985. The van der Waals surface area contributed by atoms with Gasteiger partial charge in [0.15, 0.2) is 0 Å². The van der Waals surface area contributed by atoms with Crippen LogP contribution in [-0.4, -0.2) is 35.8 Å². The van der Waals surface area contributed by atoms with Crippen LogP contribution in [0.25, 0.3) is 0 Å². The average molecular weight is 221 g/mol. The fourth-order valence-corrected chi connectivity index (χ4v) is 1.13. The Labute approximate surface area is 88.6 Å². The van der Waals surface area contributed by atoms with Crippen LogP contribution in [0.4, 0.5) is 0 Å². The maximum absolute atomic E-state index is 11.3. The lowest BCUT2D eigenvalue weighted by Crippen LogP contribution is -2.21. The Morgan fingerprint density at radius 1 is 1.56 bits per heavy atom. The van der Waals surface area contributed by atoms with Gasteiger partial charge in [-0.3, -0.25) is 4.79 Å². The second-order valence-electron chi connectivity index (χ2n) is 2.97. The average Bonchev–Trinajstić information content (AvgIpc) is 2.70. The van der Waals surface area contributed by atoms with Crippen LogP contribution < -0.4 is 5.56 Å². The molecule has 0 aliphatic rings. The predicted molar refractivity (Wildman–Crippen MR) is 50.9 cm³/mol. The van der Waals surface area contributed by atoms with Crippen molar-refractivity contribution in [3.63, 3.8) is 0 Å². The molecule has 0 unspecified atom stereocenters. The van der Waals surface area contributed by atoms with Crippen LogP contribution in [0.2, 0.25) is 0 Å². The number of aromatic amines is 1. The monoisotopic (exact) mass is 221 g/mol. The van der Waals surface area contributed by atoms with Gasteiger partial charge in [0.2, 0.25) is 0 Å². The van der Waals surface area contributed by atoms with E-state index in [1.165, 1.54) is 17.3 Å². The molecule has 8 nitrogen and oxygen atoms in total. The van der Waals surface area contributed by atoms with E-state index in [4.69, 9.17) is 5.11 Å². The molecule has 0 saturated carbocycles. The minimum absolute atomic E-state index is 0.231. The van der Waals surface area contributed by atoms with E-state index in [9.17, 15) is 9.59 Å². The van der Waals surface area contributed by atoms with Crippen LogP contribution in [0.3, 0.4) is 0 Å². The van der Waals surface area contributed by atoms with Gasteiger partial charge in [-0.1, -0.05) is 0 Å². The van der Waals surface area contributed by atoms with Crippen molar-refractivity contribution < 1.29 is 9.90 Å². The summed E-state index contributed by atoms with van der Waals surface area (Å²) in [5, 5.41) is 12.5. The van der Waals surface area contributed by atoms with Crippen molar-refractivity contribution in [1.29, 1.82) is 0 Å². The zero-order valence-corrected chi connectivity index (χ0v) is 7.99. The van der Waals surface area contributed by atoms with Crippen LogP contribution in [0.1, 0.15) is 16.2 Å². The predicted octanol–water partition coefficient (Wildman–Crippen LogP) is -0.892. The normalized spacial score (nSPS) is 10.2. The van der Waals surface area contributed by atoms with Crippen molar-refractivity contribution in [2.24, 2.45) is 0 Å². The standard InChI is InChI=1S/C8H7N5O3/c14-7-5(8(15)16)1-10-6(12-7)2-13-4-9-3-11-13/h1,3-4H,2H2,(H,15,16)(H,10,12,14). The van der Waals surface area contributed by atoms with E-state index < -0.39 is 11.5 Å². The molecule has 0 atom stereocenters. The van der Waals surface area contributed by atoms with Crippen molar-refractivity contribution in [2.75, 3.05) is 0 Å². The van der Waals surface area contributed by atoms with Crippen molar-refractivity contribution in [3.8, 4) is 0 Å². The Balaban J connectivity index is 2.28. The molecule has 0 saturated heterocycles. The van der Waals surface area contributed by atoms with E-state index in [1.54, 1.807) is 0 Å². The van der Waals surface area contributed by atoms with Crippen LogP contribution in [-0.2, 0) is 6.54 Å². The lowest BCUT2D eigenvalue weighted by atomic mass is 10.3. The molecular weight excluding hydrogens is 214 g/mol. The Morgan fingerprint density at radius 3 is 2.94 bits per heavy atom. The molecule has 2 aromatic heterocycles. The van der Waals surface area contributed by atoms with Gasteiger partial charge in [-0.25, -0.2) is 19.4 Å². The van der Waals surface area contributed by atoms with Crippen LogP contribution in [0.15, 0.2) is 23.6 Å². The van der Waals surface area contributed by atoms with E-state index in [0.29, 0.717) is 5.82 Å². The zero-order valence-electron chi connectivity index (χ0n) is 7.99. The lowest BCUT2D eigenvalue weighted by molar-refractivity contribution is 0.0694. The van der Waals surface area contributed by atoms with E-state index in [-0.39, 0.29) is 12.1 Å². The molecule has 0 aromatic carbocycles. The molecule has 0 amide bonds. The van der Waals surface area contributed by atoms with Crippen LogP contribution >= 0.6 is 0 Å². The number of aromatic carboxylic acids is 1. The Bertz CT molecular complexity index is 559. The number of nitrogens with one attached hydrogen (secondary N) is 1. The first-order valence-electron chi connectivity index (χ1n) is 4.30. The molecule has 2 aromatic rings. The first-order chi connectivity index (χ1) is 7.66. The Kier molecular flexibility index (Phi) is 2.46. The summed E-state index contributed by atoms with van der Waals surface area (Å²) in [4.78, 5) is 31.7. The molecule has 0 radical (unpaired) electrons. The summed E-state index contributed by atoms with van der Waals surface area (Å²) < 4.78 is 1.46. The van der Waals surface area contributed by atoms with E-state index in [0.717, 1.165) is 6.20 Å². The van der Waals surface area contributed by atoms with Gasteiger partial charge in [0.05, 0.1) is 0 Å². The van der Waals surface area contributed by atoms with E-state index >= 15 is 0 Å². The molecule has 2 N–H and O–H groups in total. The van der Waals surface area contributed by atoms with Gasteiger partial charge in [0.1, 0.15) is 30.6 Å². The molecule has 0 aliphatic carbocycles. The zero-order chi connectivity index (χ0) is 11.5. The van der Waals surface area contributed by atoms with Crippen molar-refractivity contribution in [1.82, 2.24) is 24.7 Å². The van der Waals surface area contributed by atoms with E-state index in [2.05, 4.69) is 20.1 Å². The molecule has 16 heavy (non-hydrogen) atoms. The number of hydrogen-bond donors (Lipinski definition) is 2. The molecule has 0 fully saturated rings. The fourth-order valence-electron chi connectivity index (χ4n) is 1.13. The highest BCUT2D eigenvalue weighted by atomic mass is 16.4. The van der Waals surface area contributed by atoms with Gasteiger partial charge in [0, 0.05) is 6.20 Å². The van der Waals surface area contributed by atoms with Crippen LogP contribution in [0.5, 0.6) is 0 Å². The Morgan fingerprint density at radius 2 is 2.38 bits per heavy atom. The van der Waals surface area contributed by atoms with Crippen molar-refractivity contribution >= 4 is 5.97 Å². The van der Waals surface area contributed by atoms with Gasteiger partial charge >= 0.3 is 5.97 Å². The minimum atomic E-state index is -1.30. The molecule has 0 bridgehead atoms. The molecule has 0 spiro atoms. The number of carboxylic acid groups (broad SMARTS) is 1. The second-order valence-corrected chi connectivity index (χ2v) is 2.97. The molecule has 0 aliphatic heterocycles. The highest BCUT2D eigenvalue weighted by Crippen LogP contribution is 1.92. The smallest absolute Gasteiger partial charge is 0.342 e. The summed E-state index contributed by atoms with van der Waals surface area (Å²) in [5.41, 5.74) is -1.07. The van der Waals surface area contributed by atoms with Crippen LogP contribution in [0, 0.1) is 0 Å². The third-order valence-corrected chi connectivity index (χ3v) is 1.86. The van der Waals surface area contributed by atoms with Gasteiger partial charge < -0.3 is 10.1 Å². The number of carbonyl (C=O) groups is 1. The highest BCUT2D eigenvalue weighted by Gasteiger charge is 2.09.